The lowest BCUT2D eigenvalue weighted by Gasteiger charge is -2.13. The van der Waals surface area contributed by atoms with E-state index in [0.717, 1.165) is 39.4 Å². The van der Waals surface area contributed by atoms with Crippen LogP contribution >= 0.6 is 23.4 Å². The van der Waals surface area contributed by atoms with Crippen molar-refractivity contribution in [2.45, 2.75) is 37.4 Å². The molecule has 3 nitrogen and oxygen atoms in total. The fourth-order valence-corrected chi connectivity index (χ4v) is 3.11. The van der Waals surface area contributed by atoms with Crippen molar-refractivity contribution in [3.63, 3.8) is 0 Å². The third-order valence-electron chi connectivity index (χ3n) is 2.90. The van der Waals surface area contributed by atoms with Gasteiger partial charge in [0.05, 0.1) is 0 Å². The van der Waals surface area contributed by atoms with Gasteiger partial charge >= 0.3 is 0 Å². The van der Waals surface area contributed by atoms with E-state index < -0.39 is 0 Å². The van der Waals surface area contributed by atoms with E-state index >= 15 is 0 Å². The van der Waals surface area contributed by atoms with Crippen LogP contribution in [0.1, 0.15) is 25.1 Å². The fraction of sp³-hybridized carbons (Fsp3) is 0.375. The second kappa shape index (κ2) is 7.78. The molecule has 0 bridgehead atoms. The largest absolute Gasteiger partial charge is 0.312 e. The summed E-state index contributed by atoms with van der Waals surface area (Å²) in [5.41, 5.74) is 2.07. The van der Waals surface area contributed by atoms with Gasteiger partial charge in [0.2, 0.25) is 0 Å². The molecule has 2 rings (SSSR count). The minimum Gasteiger partial charge on any atom is -0.312 e. The number of hydrogen-bond acceptors (Lipinski definition) is 4. The standard InChI is InChI=1S/C16H20ClN3S/c1-11(2)9-18-10-13-14(17)5-4-6-15(13)21-16-19-8-7-12(3)20-16/h4-8,11,18H,9-10H2,1-3H3. The molecule has 21 heavy (non-hydrogen) atoms. The van der Waals surface area contributed by atoms with Crippen molar-refractivity contribution in [1.29, 1.82) is 0 Å². The maximum atomic E-state index is 6.35. The fourth-order valence-electron chi connectivity index (χ4n) is 1.87. The molecule has 1 N–H and O–H groups in total. The molecule has 0 aliphatic rings. The van der Waals surface area contributed by atoms with E-state index in [0.29, 0.717) is 5.92 Å². The summed E-state index contributed by atoms with van der Waals surface area (Å²) in [6.45, 7) is 8.07. The van der Waals surface area contributed by atoms with Crippen LogP contribution in [-0.2, 0) is 6.54 Å². The van der Waals surface area contributed by atoms with Gasteiger partial charge in [-0.25, -0.2) is 9.97 Å². The molecule has 0 aliphatic carbocycles. The summed E-state index contributed by atoms with van der Waals surface area (Å²) in [4.78, 5) is 9.84. The predicted octanol–water partition coefficient (Wildman–Crippen LogP) is 4.34. The number of hydrogen-bond donors (Lipinski definition) is 1. The minimum atomic E-state index is 0.615. The van der Waals surface area contributed by atoms with Gasteiger partial charge in [-0.1, -0.05) is 31.5 Å². The van der Waals surface area contributed by atoms with Crippen LogP contribution in [0, 0.1) is 12.8 Å². The van der Waals surface area contributed by atoms with E-state index in [-0.39, 0.29) is 0 Å². The first-order valence-corrected chi connectivity index (χ1v) is 8.21. The molecule has 0 aliphatic heterocycles. The molecule has 0 radical (unpaired) electrons. The molecule has 0 saturated carbocycles. The van der Waals surface area contributed by atoms with Crippen LogP contribution in [0.2, 0.25) is 5.02 Å². The van der Waals surface area contributed by atoms with Crippen molar-refractivity contribution >= 4 is 23.4 Å². The minimum absolute atomic E-state index is 0.615. The van der Waals surface area contributed by atoms with Crippen molar-refractivity contribution < 1.29 is 0 Å². The molecule has 5 heteroatoms. The van der Waals surface area contributed by atoms with Gasteiger partial charge < -0.3 is 5.32 Å². The van der Waals surface area contributed by atoms with Crippen molar-refractivity contribution in [2.75, 3.05) is 6.54 Å². The highest BCUT2D eigenvalue weighted by molar-refractivity contribution is 7.99. The zero-order valence-corrected chi connectivity index (χ0v) is 14.1. The molecule has 1 aromatic carbocycles. The first kappa shape index (κ1) is 16.3. The summed E-state index contributed by atoms with van der Waals surface area (Å²) in [6.07, 6.45) is 1.78. The maximum absolute atomic E-state index is 6.35. The van der Waals surface area contributed by atoms with E-state index in [1.54, 1.807) is 18.0 Å². The Morgan fingerprint density at radius 3 is 2.81 bits per heavy atom. The Kier molecular flexibility index (Phi) is 6.03. The summed E-state index contributed by atoms with van der Waals surface area (Å²) in [5.74, 6) is 0.615. The van der Waals surface area contributed by atoms with Gasteiger partial charge in [0, 0.05) is 28.4 Å². The van der Waals surface area contributed by atoms with Crippen LogP contribution < -0.4 is 5.32 Å². The Morgan fingerprint density at radius 1 is 1.29 bits per heavy atom. The zero-order chi connectivity index (χ0) is 15.2. The lowest BCUT2D eigenvalue weighted by molar-refractivity contribution is 0.550. The monoisotopic (exact) mass is 321 g/mol. The average molecular weight is 322 g/mol. The van der Waals surface area contributed by atoms with Gasteiger partial charge in [-0.2, -0.15) is 0 Å². The Balaban J connectivity index is 2.16. The van der Waals surface area contributed by atoms with Gasteiger partial charge in [-0.3, -0.25) is 0 Å². The SMILES string of the molecule is Cc1ccnc(Sc2cccc(Cl)c2CNCC(C)C)n1. The van der Waals surface area contributed by atoms with E-state index in [2.05, 4.69) is 35.2 Å². The van der Waals surface area contributed by atoms with E-state index in [9.17, 15) is 0 Å². The van der Waals surface area contributed by atoms with Crippen molar-refractivity contribution in [2.24, 2.45) is 5.92 Å². The first-order chi connectivity index (χ1) is 10.1. The van der Waals surface area contributed by atoms with Crippen LogP contribution in [0.4, 0.5) is 0 Å². The van der Waals surface area contributed by atoms with Crippen molar-refractivity contribution in [3.8, 4) is 0 Å². The molecule has 1 aromatic heterocycles. The first-order valence-electron chi connectivity index (χ1n) is 7.02. The lowest BCUT2D eigenvalue weighted by Crippen LogP contribution is -2.19. The molecule has 0 amide bonds. The maximum Gasteiger partial charge on any atom is 0.192 e. The van der Waals surface area contributed by atoms with E-state index in [1.165, 1.54) is 0 Å². The third kappa shape index (κ3) is 4.99. The second-order valence-corrected chi connectivity index (χ2v) is 6.74. The Labute approximate surface area is 135 Å². The number of nitrogens with one attached hydrogen (secondary N) is 1. The van der Waals surface area contributed by atoms with Gasteiger partial charge in [0.25, 0.3) is 0 Å². The Bertz CT molecular complexity index is 602. The molecular formula is C16H20ClN3S. The molecule has 112 valence electrons. The summed E-state index contributed by atoms with van der Waals surface area (Å²) < 4.78 is 0. The van der Waals surface area contributed by atoms with Gasteiger partial charge in [-0.05, 0) is 54.9 Å². The van der Waals surface area contributed by atoms with E-state index in [4.69, 9.17) is 11.6 Å². The molecule has 0 saturated heterocycles. The smallest absolute Gasteiger partial charge is 0.192 e. The highest BCUT2D eigenvalue weighted by Gasteiger charge is 2.10. The average Bonchev–Trinajstić information content (AvgIpc) is 2.41. The molecule has 0 atom stereocenters. The number of benzene rings is 1. The predicted molar refractivity (Wildman–Crippen MR) is 88.9 cm³/mol. The number of aromatic nitrogens is 2. The van der Waals surface area contributed by atoms with Crippen LogP contribution in [0.15, 0.2) is 40.5 Å². The van der Waals surface area contributed by atoms with Gasteiger partial charge in [-0.15, -0.1) is 0 Å². The second-order valence-electron chi connectivity index (χ2n) is 5.32. The molecule has 0 fully saturated rings. The summed E-state index contributed by atoms with van der Waals surface area (Å²) in [6, 6.07) is 7.85. The highest BCUT2D eigenvalue weighted by atomic mass is 35.5. The number of rotatable bonds is 6. The number of aryl methyl sites for hydroxylation is 1. The summed E-state index contributed by atoms with van der Waals surface area (Å²) in [5, 5.41) is 4.97. The molecule has 0 spiro atoms. The summed E-state index contributed by atoms with van der Waals surface area (Å²) in [7, 11) is 0. The van der Waals surface area contributed by atoms with Crippen LogP contribution in [0.3, 0.4) is 0 Å². The number of nitrogens with zero attached hydrogens (tertiary/aromatic N) is 2. The molecule has 2 aromatic rings. The molecular weight excluding hydrogens is 302 g/mol. The van der Waals surface area contributed by atoms with Crippen LogP contribution in [0.5, 0.6) is 0 Å². The normalized spacial score (nSPS) is 11.1. The Hall–Kier alpha value is -1.10. The third-order valence-corrected chi connectivity index (χ3v) is 4.24. The zero-order valence-electron chi connectivity index (χ0n) is 12.6. The highest BCUT2D eigenvalue weighted by Crippen LogP contribution is 2.32. The quantitative estimate of drug-likeness (QED) is 0.803. The van der Waals surface area contributed by atoms with Gasteiger partial charge in [0.1, 0.15) is 0 Å². The lowest BCUT2D eigenvalue weighted by atomic mass is 10.2. The van der Waals surface area contributed by atoms with Crippen molar-refractivity contribution in [1.82, 2.24) is 15.3 Å². The molecule has 0 unspecified atom stereocenters. The van der Waals surface area contributed by atoms with Gasteiger partial charge in [0.15, 0.2) is 5.16 Å². The Morgan fingerprint density at radius 2 is 2.10 bits per heavy atom. The topological polar surface area (TPSA) is 37.8 Å². The number of halogens is 1. The van der Waals surface area contributed by atoms with Crippen LogP contribution in [0.25, 0.3) is 0 Å². The molecule has 1 heterocycles. The summed E-state index contributed by atoms with van der Waals surface area (Å²) >= 11 is 7.90. The van der Waals surface area contributed by atoms with Crippen LogP contribution in [-0.4, -0.2) is 16.5 Å². The van der Waals surface area contributed by atoms with E-state index in [1.807, 2.05) is 25.1 Å². The van der Waals surface area contributed by atoms with Crippen molar-refractivity contribution in [3.05, 3.63) is 46.7 Å².